The van der Waals surface area contributed by atoms with E-state index < -0.39 is 62.0 Å². The topological polar surface area (TPSA) is 176 Å². The van der Waals surface area contributed by atoms with E-state index in [4.69, 9.17) is 14.0 Å². The Labute approximate surface area is 248 Å². The maximum absolute atomic E-state index is 14.2. The van der Waals surface area contributed by atoms with Gasteiger partial charge in [0.15, 0.2) is 0 Å². The Morgan fingerprint density at radius 2 is 1.42 bits per heavy atom. The molecule has 7 atom stereocenters. The minimum atomic E-state index is -3.42. The van der Waals surface area contributed by atoms with E-state index in [1.165, 1.54) is 28.6 Å². The number of hydrogen-bond acceptors (Lipinski definition) is 10. The smallest absolute Gasteiger partial charge is 0.335 e. The fraction of sp³-hybridized carbons (Fsp3) is 0.704. The monoisotopic (exact) mass is 627 g/mol. The molecule has 0 aromatic carbocycles. The average Bonchev–Trinajstić information content (AvgIpc) is 3.55. The van der Waals surface area contributed by atoms with Gasteiger partial charge in [-0.2, -0.15) is 0 Å². The van der Waals surface area contributed by atoms with Gasteiger partial charge in [-0.3, -0.25) is 23.3 Å². The zero-order chi connectivity index (χ0) is 31.8. The quantitative estimate of drug-likeness (QED) is 0.333. The number of aliphatic hydroxyl groups excluding tert-OH is 2. The highest BCUT2D eigenvalue weighted by Gasteiger charge is 2.44. The van der Waals surface area contributed by atoms with Gasteiger partial charge in [-0.25, -0.2) is 23.4 Å². The molecule has 0 spiro atoms. The Kier molecular flexibility index (Phi) is 10.2. The van der Waals surface area contributed by atoms with Gasteiger partial charge in [-0.05, 0) is 52.0 Å². The number of rotatable bonds is 11. The van der Waals surface area contributed by atoms with Gasteiger partial charge < -0.3 is 24.2 Å². The van der Waals surface area contributed by atoms with Gasteiger partial charge in [-0.1, -0.05) is 13.8 Å². The van der Waals surface area contributed by atoms with Crippen LogP contribution in [0.4, 0.5) is 0 Å². The lowest BCUT2D eigenvalue weighted by Crippen LogP contribution is -2.42. The van der Waals surface area contributed by atoms with Crippen LogP contribution >= 0.6 is 7.52 Å². The summed E-state index contributed by atoms with van der Waals surface area (Å²) in [6.45, 7) is 5.76. The van der Waals surface area contributed by atoms with Gasteiger partial charge in [0.25, 0.3) is 18.6 Å². The van der Waals surface area contributed by atoms with Crippen molar-refractivity contribution >= 4 is 7.52 Å². The number of aliphatic hydroxyl groups is 2. The predicted octanol–water partition coefficient (Wildman–Crippen LogP) is 0.559. The summed E-state index contributed by atoms with van der Waals surface area (Å²) in [4.78, 5) is 50.2. The van der Waals surface area contributed by atoms with Crippen molar-refractivity contribution in [3.63, 3.8) is 0 Å². The highest BCUT2D eigenvalue weighted by Crippen LogP contribution is 2.54. The van der Waals surface area contributed by atoms with Crippen molar-refractivity contribution in [2.24, 2.45) is 11.8 Å². The molecular weight excluding hydrogens is 585 g/mol. The maximum Gasteiger partial charge on any atom is 0.335 e. The van der Waals surface area contributed by atoms with Gasteiger partial charge in [0.2, 0.25) is 0 Å². The van der Waals surface area contributed by atoms with Crippen LogP contribution in [-0.4, -0.2) is 72.2 Å². The molecule has 4 rings (SSSR count). The van der Waals surface area contributed by atoms with Crippen molar-refractivity contribution in [2.75, 3.05) is 26.9 Å². The van der Waals surface area contributed by atoms with Crippen LogP contribution in [-0.2, 0) is 32.0 Å². The van der Waals surface area contributed by atoms with Crippen LogP contribution in [0.3, 0.4) is 0 Å². The van der Waals surface area contributed by atoms with E-state index in [0.29, 0.717) is 24.8 Å². The van der Waals surface area contributed by atoms with Crippen molar-refractivity contribution in [3.05, 3.63) is 65.2 Å². The lowest BCUT2D eigenvalue weighted by atomic mass is 10.0. The Hall–Kier alpha value is -2.65. The fourth-order valence-electron chi connectivity index (χ4n) is 6.06. The minimum Gasteiger partial charge on any atom is -0.376 e. The van der Waals surface area contributed by atoms with Gasteiger partial charge in [0.05, 0.1) is 12.2 Å². The molecule has 4 heterocycles. The van der Waals surface area contributed by atoms with Crippen LogP contribution in [0.25, 0.3) is 0 Å². The fourth-order valence-corrected chi connectivity index (χ4v) is 8.15. The van der Waals surface area contributed by atoms with E-state index >= 15 is 0 Å². The Morgan fingerprint density at radius 1 is 0.930 bits per heavy atom. The third-order valence-corrected chi connectivity index (χ3v) is 11.4. The molecule has 3 unspecified atom stereocenters. The highest BCUT2D eigenvalue weighted by atomic mass is 31.2. The van der Waals surface area contributed by atoms with Crippen molar-refractivity contribution in [1.82, 2.24) is 22.9 Å². The summed E-state index contributed by atoms with van der Waals surface area (Å²) in [7, 11) is -0.340. The normalized spacial score (nSPS) is 27.2. The second kappa shape index (κ2) is 13.1. The summed E-state index contributed by atoms with van der Waals surface area (Å²) < 4.78 is 38.0. The van der Waals surface area contributed by atoms with E-state index in [9.17, 15) is 34.0 Å². The van der Waals surface area contributed by atoms with Gasteiger partial charge in [0, 0.05) is 43.3 Å². The largest absolute Gasteiger partial charge is 0.376 e. The van der Waals surface area contributed by atoms with Gasteiger partial charge in [0.1, 0.15) is 25.9 Å². The van der Waals surface area contributed by atoms with E-state index in [0.717, 1.165) is 9.13 Å². The Balaban J connectivity index is 1.50. The van der Waals surface area contributed by atoms with Crippen LogP contribution in [0.5, 0.6) is 0 Å². The number of aromatic nitrogens is 4. The van der Waals surface area contributed by atoms with Crippen LogP contribution in [0, 0.1) is 25.7 Å². The third-order valence-electron chi connectivity index (χ3n) is 8.66. The maximum atomic E-state index is 14.2. The van der Waals surface area contributed by atoms with Crippen LogP contribution in [0.15, 0.2) is 31.6 Å². The highest BCUT2D eigenvalue weighted by molar-refractivity contribution is 7.56. The van der Waals surface area contributed by atoms with Crippen molar-refractivity contribution < 1.29 is 28.8 Å². The molecule has 0 radical (unpaired) electrons. The second-order valence-corrected chi connectivity index (χ2v) is 14.2. The zero-order valence-electron chi connectivity index (χ0n) is 25.4. The summed E-state index contributed by atoms with van der Waals surface area (Å²) in [6, 6.07) is 0. The molecule has 0 saturated carbocycles. The summed E-state index contributed by atoms with van der Waals surface area (Å²) in [5.41, 5.74) is -1.91. The molecule has 0 amide bonds. The number of nitrogens with zero attached hydrogens (tertiary/aromatic N) is 5. The molecule has 0 bridgehead atoms. The number of ether oxygens (including phenoxy) is 2. The number of likely N-dealkylation sites (N-methyl/N-ethyl adjacent to an activating group) is 1. The van der Waals surface area contributed by atoms with Crippen LogP contribution in [0.2, 0.25) is 0 Å². The Morgan fingerprint density at radius 3 is 1.88 bits per heavy atom. The molecule has 0 aliphatic carbocycles. The first-order chi connectivity index (χ1) is 20.3. The first-order valence-electron chi connectivity index (χ1n) is 14.3. The molecule has 2 aromatic heterocycles. The summed E-state index contributed by atoms with van der Waals surface area (Å²) in [6.07, 6.45) is 2.30. The predicted molar refractivity (Wildman–Crippen MR) is 156 cm³/mol. The van der Waals surface area contributed by atoms with Crippen LogP contribution < -0.4 is 22.5 Å². The summed E-state index contributed by atoms with van der Waals surface area (Å²) in [5.74, 6) is -0.264. The molecule has 2 N–H and O–H groups in total. The molecule has 2 saturated heterocycles. The molecule has 2 aliphatic rings. The summed E-state index contributed by atoms with van der Waals surface area (Å²) >= 11 is 0. The molecule has 15 nitrogen and oxygen atoms in total. The minimum absolute atomic E-state index is 0.0284. The van der Waals surface area contributed by atoms with E-state index in [1.807, 2.05) is 13.8 Å². The first-order valence-corrected chi connectivity index (χ1v) is 16.1. The number of aryl methyl sites for hydroxylation is 2. The Bertz CT molecular complexity index is 1610. The lowest BCUT2D eigenvalue weighted by Gasteiger charge is -2.32. The third kappa shape index (κ3) is 6.30. The molecule has 240 valence electrons. The number of hydrogen-bond donors (Lipinski definition) is 2. The molecule has 16 heteroatoms. The van der Waals surface area contributed by atoms with Crippen molar-refractivity contribution in [3.8, 4) is 0 Å². The zero-order valence-corrected chi connectivity index (χ0v) is 26.3. The average molecular weight is 628 g/mol. The SMILES string of the molecule is CC[C@H]1OC(n2cc(C)c(=O)n(CO)c2=O)C[C@@H]1CP(=O)(OC)N(C)C[C@H]1OC(n2cc(C)c(=O)n(CO)c2=O)C[C@@H]1C. The van der Waals surface area contributed by atoms with Gasteiger partial charge >= 0.3 is 11.4 Å². The van der Waals surface area contributed by atoms with Gasteiger partial charge in [-0.15, -0.1) is 0 Å². The lowest BCUT2D eigenvalue weighted by molar-refractivity contribution is -0.0145. The standard InChI is InChI=1S/C27H42N5O10P/c1-7-20-19(9-23(41-20)30-11-18(4)25(36)32(15-34)27(30)38)13-43(39,40-6)28(5)12-21-16(2)8-22(42-21)29-10-17(3)24(35)31(14-33)26(29)37/h10-11,16,19-23,33-34H,7-9,12-15H2,1-6H3/t16-,19+,20+,21+,22?,23?,43?/m0/s1. The van der Waals surface area contributed by atoms with E-state index in [-0.39, 0.29) is 36.2 Å². The summed E-state index contributed by atoms with van der Waals surface area (Å²) in [5, 5.41) is 19.1. The first kappa shape index (κ1) is 33.2. The second-order valence-electron chi connectivity index (χ2n) is 11.5. The molecule has 2 aliphatic heterocycles. The van der Waals surface area contributed by atoms with E-state index in [2.05, 4.69) is 0 Å². The molecule has 43 heavy (non-hydrogen) atoms. The van der Waals surface area contributed by atoms with Crippen molar-refractivity contribution in [1.29, 1.82) is 0 Å². The van der Waals surface area contributed by atoms with E-state index in [1.54, 1.807) is 25.6 Å². The molecular formula is C27H42N5O10P. The molecule has 2 fully saturated rings. The van der Waals surface area contributed by atoms with Crippen molar-refractivity contribution in [2.45, 2.75) is 85.1 Å². The molecule has 2 aromatic rings. The van der Waals surface area contributed by atoms with Crippen LogP contribution in [0.1, 0.15) is 56.7 Å².